The molecule has 0 unspecified atom stereocenters. The first-order valence-electron chi connectivity index (χ1n) is 5.50. The lowest BCUT2D eigenvalue weighted by atomic mass is 10.2. The van der Waals surface area contributed by atoms with Crippen LogP contribution in [0.3, 0.4) is 0 Å². The van der Waals surface area contributed by atoms with Gasteiger partial charge >= 0.3 is 0 Å². The van der Waals surface area contributed by atoms with Crippen LogP contribution in [0.4, 0.5) is 15.8 Å². The summed E-state index contributed by atoms with van der Waals surface area (Å²) >= 11 is 3.46. The largest absolute Gasteiger partial charge is 0.392 e. The minimum absolute atomic E-state index is 0.00254. The maximum absolute atomic E-state index is 13.2. The second kappa shape index (κ2) is 5.50. The molecule has 94 valence electrons. The van der Waals surface area contributed by atoms with Crippen LogP contribution in [-0.2, 0) is 6.61 Å². The summed E-state index contributed by atoms with van der Waals surface area (Å²) < 4.78 is 14.1. The summed E-state index contributed by atoms with van der Waals surface area (Å²) in [4.78, 5) is 1.88. The summed E-state index contributed by atoms with van der Waals surface area (Å²) in [6, 6.07) is 12.0. The van der Waals surface area contributed by atoms with E-state index in [1.54, 1.807) is 6.07 Å². The monoisotopic (exact) mass is 309 g/mol. The van der Waals surface area contributed by atoms with Gasteiger partial charge < -0.3 is 10.0 Å². The number of aliphatic hydroxyl groups is 1. The fraction of sp³-hybridized carbons (Fsp3) is 0.143. The van der Waals surface area contributed by atoms with Crippen molar-refractivity contribution >= 4 is 27.3 Å². The van der Waals surface area contributed by atoms with Gasteiger partial charge in [0.15, 0.2) is 0 Å². The second-order valence-corrected chi connectivity index (χ2v) is 4.84. The summed E-state index contributed by atoms with van der Waals surface area (Å²) in [7, 11) is 1.87. The predicted molar refractivity (Wildman–Crippen MR) is 74.5 cm³/mol. The van der Waals surface area contributed by atoms with E-state index >= 15 is 0 Å². The number of hydrogen-bond acceptors (Lipinski definition) is 2. The zero-order chi connectivity index (χ0) is 13.1. The molecule has 1 N–H and O–H groups in total. The molecule has 0 saturated carbocycles. The SMILES string of the molecule is CN(c1cccc(F)c1)c1ccc(CO)cc1Br. The smallest absolute Gasteiger partial charge is 0.125 e. The highest BCUT2D eigenvalue weighted by atomic mass is 79.9. The number of halogens is 2. The molecule has 2 aromatic carbocycles. The number of nitrogens with zero attached hydrogens (tertiary/aromatic N) is 1. The van der Waals surface area contributed by atoms with Crippen molar-refractivity contribution in [3.63, 3.8) is 0 Å². The first-order chi connectivity index (χ1) is 8.61. The van der Waals surface area contributed by atoms with Crippen LogP contribution in [0.15, 0.2) is 46.9 Å². The van der Waals surface area contributed by atoms with Crippen molar-refractivity contribution in [2.75, 3.05) is 11.9 Å². The lowest BCUT2D eigenvalue weighted by Crippen LogP contribution is -2.10. The van der Waals surface area contributed by atoms with Crippen LogP contribution in [0.1, 0.15) is 5.56 Å². The summed E-state index contributed by atoms with van der Waals surface area (Å²) in [6.07, 6.45) is 0. The fourth-order valence-electron chi connectivity index (χ4n) is 1.74. The third kappa shape index (κ3) is 2.71. The van der Waals surface area contributed by atoms with Gasteiger partial charge in [0.05, 0.1) is 12.3 Å². The molecule has 2 nitrogen and oxygen atoms in total. The molecule has 0 radical (unpaired) electrons. The highest BCUT2D eigenvalue weighted by Gasteiger charge is 2.09. The Kier molecular flexibility index (Phi) is 3.99. The molecule has 0 aliphatic heterocycles. The molecule has 0 aliphatic carbocycles. The van der Waals surface area contributed by atoms with E-state index in [1.165, 1.54) is 12.1 Å². The zero-order valence-corrected chi connectivity index (χ0v) is 11.5. The quantitative estimate of drug-likeness (QED) is 0.931. The van der Waals surface area contributed by atoms with E-state index in [0.717, 1.165) is 21.4 Å². The summed E-state index contributed by atoms with van der Waals surface area (Å²) in [5, 5.41) is 9.06. The van der Waals surface area contributed by atoms with E-state index in [9.17, 15) is 4.39 Å². The molecule has 0 fully saturated rings. The number of anilines is 2. The Morgan fingerprint density at radius 2 is 2.00 bits per heavy atom. The number of hydrogen-bond donors (Lipinski definition) is 1. The number of benzene rings is 2. The Bertz CT molecular complexity index is 559. The van der Waals surface area contributed by atoms with E-state index in [2.05, 4.69) is 15.9 Å². The third-order valence-electron chi connectivity index (χ3n) is 2.75. The van der Waals surface area contributed by atoms with Crippen LogP contribution in [-0.4, -0.2) is 12.2 Å². The average Bonchev–Trinajstić information content (AvgIpc) is 2.37. The van der Waals surface area contributed by atoms with Crippen LogP contribution < -0.4 is 4.90 Å². The molecule has 0 heterocycles. The first kappa shape index (κ1) is 13.1. The fourth-order valence-corrected chi connectivity index (χ4v) is 2.44. The first-order valence-corrected chi connectivity index (χ1v) is 6.29. The van der Waals surface area contributed by atoms with E-state index in [4.69, 9.17) is 5.11 Å². The van der Waals surface area contributed by atoms with Gasteiger partial charge in [-0.3, -0.25) is 0 Å². The predicted octanol–water partition coefficient (Wildman–Crippen LogP) is 3.85. The molecular formula is C14H13BrFNO. The third-order valence-corrected chi connectivity index (χ3v) is 3.39. The normalized spacial score (nSPS) is 10.4. The van der Waals surface area contributed by atoms with Gasteiger partial charge in [0.2, 0.25) is 0 Å². The van der Waals surface area contributed by atoms with Crippen LogP contribution in [0, 0.1) is 5.82 Å². The van der Waals surface area contributed by atoms with Crippen LogP contribution in [0.5, 0.6) is 0 Å². The van der Waals surface area contributed by atoms with Gasteiger partial charge in [0.25, 0.3) is 0 Å². The summed E-state index contributed by atoms with van der Waals surface area (Å²) in [5.41, 5.74) is 2.52. The Hall–Kier alpha value is -1.39. The molecule has 4 heteroatoms. The highest BCUT2D eigenvalue weighted by Crippen LogP contribution is 2.31. The molecule has 0 amide bonds. The lowest BCUT2D eigenvalue weighted by Gasteiger charge is -2.21. The molecule has 2 rings (SSSR count). The summed E-state index contributed by atoms with van der Waals surface area (Å²) in [5.74, 6) is -0.262. The Morgan fingerprint density at radius 3 is 2.61 bits per heavy atom. The Morgan fingerprint density at radius 1 is 1.22 bits per heavy atom. The van der Waals surface area contributed by atoms with Crippen molar-refractivity contribution < 1.29 is 9.50 Å². The van der Waals surface area contributed by atoms with Crippen molar-refractivity contribution in [2.24, 2.45) is 0 Å². The molecule has 0 bridgehead atoms. The molecular weight excluding hydrogens is 297 g/mol. The van der Waals surface area contributed by atoms with Crippen LogP contribution in [0.2, 0.25) is 0 Å². The Labute approximate surface area is 114 Å². The molecule has 0 aliphatic rings. The highest BCUT2D eigenvalue weighted by molar-refractivity contribution is 9.10. The van der Waals surface area contributed by atoms with Gasteiger partial charge in [0, 0.05) is 17.2 Å². The lowest BCUT2D eigenvalue weighted by molar-refractivity contribution is 0.282. The average molecular weight is 310 g/mol. The van der Waals surface area contributed by atoms with Crippen molar-refractivity contribution in [3.8, 4) is 0 Å². The summed E-state index contributed by atoms with van der Waals surface area (Å²) in [6.45, 7) is 0.00254. The van der Waals surface area contributed by atoms with E-state index < -0.39 is 0 Å². The van der Waals surface area contributed by atoms with Gasteiger partial charge in [-0.2, -0.15) is 0 Å². The standard InChI is InChI=1S/C14H13BrFNO/c1-17(12-4-2-3-11(16)8-12)14-6-5-10(9-18)7-13(14)15/h2-8,18H,9H2,1H3. The van der Waals surface area contributed by atoms with Crippen molar-refractivity contribution in [1.82, 2.24) is 0 Å². The van der Waals surface area contributed by atoms with Crippen molar-refractivity contribution in [3.05, 3.63) is 58.3 Å². The molecule has 0 aromatic heterocycles. The Balaban J connectivity index is 2.37. The van der Waals surface area contributed by atoms with Gasteiger partial charge in [-0.1, -0.05) is 12.1 Å². The number of rotatable bonds is 3. The van der Waals surface area contributed by atoms with Gasteiger partial charge in [0.1, 0.15) is 5.82 Å². The second-order valence-electron chi connectivity index (χ2n) is 3.98. The minimum atomic E-state index is -0.262. The molecule has 2 aromatic rings. The van der Waals surface area contributed by atoms with Crippen molar-refractivity contribution in [1.29, 1.82) is 0 Å². The van der Waals surface area contributed by atoms with Crippen LogP contribution in [0.25, 0.3) is 0 Å². The van der Waals surface area contributed by atoms with E-state index in [0.29, 0.717) is 0 Å². The van der Waals surface area contributed by atoms with E-state index in [-0.39, 0.29) is 12.4 Å². The molecule has 0 spiro atoms. The maximum atomic E-state index is 13.2. The van der Waals surface area contributed by atoms with E-state index in [1.807, 2.05) is 36.2 Å². The van der Waals surface area contributed by atoms with Crippen LogP contribution >= 0.6 is 15.9 Å². The van der Waals surface area contributed by atoms with Crippen molar-refractivity contribution in [2.45, 2.75) is 6.61 Å². The maximum Gasteiger partial charge on any atom is 0.125 e. The topological polar surface area (TPSA) is 23.5 Å². The zero-order valence-electron chi connectivity index (χ0n) is 9.90. The molecule has 0 saturated heterocycles. The minimum Gasteiger partial charge on any atom is -0.392 e. The van der Waals surface area contributed by atoms with Gasteiger partial charge in [-0.05, 0) is 51.8 Å². The van der Waals surface area contributed by atoms with Gasteiger partial charge in [-0.25, -0.2) is 4.39 Å². The molecule has 0 atom stereocenters. The number of aliphatic hydroxyl groups excluding tert-OH is 1. The van der Waals surface area contributed by atoms with Gasteiger partial charge in [-0.15, -0.1) is 0 Å². The molecule has 18 heavy (non-hydrogen) atoms.